The molecule has 4 aliphatic rings. The van der Waals surface area contributed by atoms with Crippen molar-refractivity contribution in [3.63, 3.8) is 0 Å². The summed E-state index contributed by atoms with van der Waals surface area (Å²) in [7, 11) is 0. The van der Waals surface area contributed by atoms with Gasteiger partial charge in [-0.1, -0.05) is 24.0 Å². The highest BCUT2D eigenvalue weighted by molar-refractivity contribution is 7.20. The van der Waals surface area contributed by atoms with Gasteiger partial charge in [0.15, 0.2) is 0 Å². The fraction of sp³-hybridized carbons (Fsp3) is 0.556. The maximum absolute atomic E-state index is 15.2. The normalized spacial score (nSPS) is 22.3. The second-order valence-corrected chi connectivity index (χ2v) is 14.6. The first-order chi connectivity index (χ1) is 23.7. The van der Waals surface area contributed by atoms with Crippen LogP contribution in [0.25, 0.3) is 10.1 Å². The fourth-order valence-electron chi connectivity index (χ4n) is 7.48. The van der Waals surface area contributed by atoms with Gasteiger partial charge in [0.05, 0.1) is 72.6 Å². The molecule has 8 nitrogen and oxygen atoms in total. The molecule has 2 aromatic carbocycles. The first-order valence-electron chi connectivity index (χ1n) is 17.0. The lowest BCUT2D eigenvalue weighted by Crippen LogP contribution is -2.68. The molecule has 0 radical (unpaired) electrons. The summed E-state index contributed by atoms with van der Waals surface area (Å²) in [6.07, 6.45) is -1.25. The molecule has 4 fully saturated rings. The minimum Gasteiger partial charge on any atom is -0.489 e. The van der Waals surface area contributed by atoms with E-state index in [2.05, 4.69) is 27.4 Å². The van der Waals surface area contributed by atoms with Crippen molar-refractivity contribution in [3.05, 3.63) is 46.6 Å². The van der Waals surface area contributed by atoms with Crippen LogP contribution in [0.5, 0.6) is 5.75 Å². The number of ether oxygens (including phenoxy) is 3. The van der Waals surface area contributed by atoms with Gasteiger partial charge >= 0.3 is 6.18 Å². The topological polar surface area (TPSA) is 78.5 Å². The van der Waals surface area contributed by atoms with Crippen molar-refractivity contribution in [2.45, 2.75) is 50.4 Å². The molecule has 264 valence electrons. The Kier molecular flexibility index (Phi) is 10.1. The Bertz CT molecular complexity index is 1680. The Morgan fingerprint density at radius 2 is 1.82 bits per heavy atom. The summed E-state index contributed by atoms with van der Waals surface area (Å²) in [5.41, 5.74) is 2.14. The van der Waals surface area contributed by atoms with Gasteiger partial charge in [0.1, 0.15) is 18.2 Å². The first kappa shape index (κ1) is 34.2. The Morgan fingerprint density at radius 3 is 2.51 bits per heavy atom. The number of halogens is 4. The lowest BCUT2D eigenvalue weighted by molar-refractivity contribution is -0.200. The van der Waals surface area contributed by atoms with E-state index in [4.69, 9.17) is 14.2 Å². The van der Waals surface area contributed by atoms with Gasteiger partial charge in [-0.15, -0.1) is 11.3 Å². The molecule has 3 aromatic rings. The van der Waals surface area contributed by atoms with Gasteiger partial charge in [-0.3, -0.25) is 4.90 Å². The molecule has 1 aliphatic carbocycles. The quantitative estimate of drug-likeness (QED) is 0.179. The number of aliphatic hydroxyl groups excluding tert-OH is 1. The predicted molar refractivity (Wildman–Crippen MR) is 183 cm³/mol. The van der Waals surface area contributed by atoms with Crippen molar-refractivity contribution in [2.75, 3.05) is 87.9 Å². The van der Waals surface area contributed by atoms with Crippen LogP contribution in [0.1, 0.15) is 36.1 Å². The summed E-state index contributed by atoms with van der Waals surface area (Å²) in [6, 6.07) is 9.25. The van der Waals surface area contributed by atoms with Crippen LogP contribution in [0.15, 0.2) is 30.3 Å². The average Bonchev–Trinajstić information content (AvgIpc) is 3.39. The Balaban J connectivity index is 1.05. The van der Waals surface area contributed by atoms with E-state index in [1.807, 2.05) is 17.0 Å². The van der Waals surface area contributed by atoms with Crippen molar-refractivity contribution in [3.8, 4) is 17.6 Å². The largest absolute Gasteiger partial charge is 0.489 e. The lowest BCUT2D eigenvalue weighted by atomic mass is 9.75. The van der Waals surface area contributed by atoms with E-state index in [1.54, 1.807) is 12.1 Å². The molecule has 1 spiro atoms. The summed E-state index contributed by atoms with van der Waals surface area (Å²) in [5.74, 6) is 5.84. The number of aliphatic hydroxyl groups is 1. The second kappa shape index (κ2) is 14.5. The van der Waals surface area contributed by atoms with Crippen LogP contribution in [0, 0.1) is 23.1 Å². The minimum atomic E-state index is -4.40. The molecule has 13 heteroatoms. The molecule has 1 aromatic heterocycles. The molecule has 3 saturated heterocycles. The van der Waals surface area contributed by atoms with Gasteiger partial charge in [-0.05, 0) is 42.7 Å². The molecule has 0 bridgehead atoms. The summed E-state index contributed by atoms with van der Waals surface area (Å²) in [6.45, 7) is 5.93. The fourth-order valence-corrected chi connectivity index (χ4v) is 8.65. The number of nitrogens with zero attached hydrogens (tertiary/aromatic N) is 2. The third-order valence-electron chi connectivity index (χ3n) is 9.98. The van der Waals surface area contributed by atoms with Crippen molar-refractivity contribution in [2.24, 2.45) is 5.41 Å². The number of benzene rings is 2. The molecule has 1 saturated carbocycles. The zero-order valence-electron chi connectivity index (χ0n) is 27.3. The summed E-state index contributed by atoms with van der Waals surface area (Å²) in [5, 5.41) is 16.6. The third kappa shape index (κ3) is 7.73. The van der Waals surface area contributed by atoms with Gasteiger partial charge in [0.2, 0.25) is 0 Å². The van der Waals surface area contributed by atoms with Gasteiger partial charge in [0, 0.05) is 55.8 Å². The van der Waals surface area contributed by atoms with E-state index in [0.29, 0.717) is 65.1 Å². The van der Waals surface area contributed by atoms with Crippen LogP contribution in [-0.2, 0) is 15.9 Å². The lowest BCUT2D eigenvalue weighted by Gasteiger charge is -2.58. The maximum Gasteiger partial charge on any atom is 0.393 e. The molecule has 3 N–H and O–H groups in total. The molecule has 4 heterocycles. The summed E-state index contributed by atoms with van der Waals surface area (Å²) >= 11 is 1.28. The van der Waals surface area contributed by atoms with Crippen LogP contribution in [0.4, 0.5) is 34.6 Å². The SMILES string of the molecule is OCCOc1cc(N2CCOCC2)c(F)cc1NCC#Cc1sc2c(NC3CCC(N4CC5(COC5)C4)CC3)cccc2c1CC(F)(F)F. The minimum absolute atomic E-state index is 0.0177. The van der Waals surface area contributed by atoms with Crippen LogP contribution < -0.4 is 20.3 Å². The van der Waals surface area contributed by atoms with Crippen LogP contribution in [0.3, 0.4) is 0 Å². The molecule has 0 atom stereocenters. The van der Waals surface area contributed by atoms with E-state index in [0.717, 1.165) is 62.4 Å². The number of anilines is 3. The predicted octanol–water partition coefficient (Wildman–Crippen LogP) is 5.87. The van der Waals surface area contributed by atoms with Gasteiger partial charge < -0.3 is 34.9 Å². The number of rotatable bonds is 10. The van der Waals surface area contributed by atoms with Gasteiger partial charge in [0.25, 0.3) is 0 Å². The molecule has 0 amide bonds. The highest BCUT2D eigenvalue weighted by atomic mass is 32.1. The summed E-state index contributed by atoms with van der Waals surface area (Å²) < 4.78 is 73.9. The van der Waals surface area contributed by atoms with Gasteiger partial charge in [-0.2, -0.15) is 13.2 Å². The molecule has 0 unspecified atom stereocenters. The number of alkyl halides is 3. The first-order valence-corrected chi connectivity index (χ1v) is 17.8. The summed E-state index contributed by atoms with van der Waals surface area (Å²) in [4.78, 5) is 4.82. The number of thiophene rings is 1. The monoisotopic (exact) mass is 702 g/mol. The van der Waals surface area contributed by atoms with Crippen molar-refractivity contribution in [1.82, 2.24) is 4.90 Å². The van der Waals surface area contributed by atoms with E-state index < -0.39 is 18.4 Å². The van der Waals surface area contributed by atoms with Crippen molar-refractivity contribution >= 4 is 38.5 Å². The number of hydrogen-bond donors (Lipinski definition) is 3. The van der Waals surface area contributed by atoms with Gasteiger partial charge in [-0.25, -0.2) is 4.39 Å². The second-order valence-electron chi connectivity index (χ2n) is 13.6. The van der Waals surface area contributed by atoms with Crippen LogP contribution in [0.2, 0.25) is 0 Å². The third-order valence-corrected chi connectivity index (χ3v) is 11.2. The smallest absolute Gasteiger partial charge is 0.393 e. The van der Waals surface area contributed by atoms with Crippen molar-refractivity contribution < 1.29 is 36.9 Å². The number of fused-ring (bicyclic) bond motifs is 1. The Labute approximate surface area is 287 Å². The van der Waals surface area contributed by atoms with E-state index in [1.165, 1.54) is 17.4 Å². The number of likely N-dealkylation sites (tertiary alicyclic amines) is 1. The standard InChI is InChI=1S/C36H42F4N4O4S/c37-28-17-30(32(48-16-13-45)18-31(28)43-11-14-46-15-12-43)41-10-2-5-33-27(19-36(38,39)40)26-3-1-4-29(34(26)49-33)42-24-6-8-25(9-7-24)44-20-35(21-44)22-47-23-35/h1,3-4,17-18,24-25,41-42,45H,6-16,19-23H2. The molecule has 7 rings (SSSR count). The zero-order valence-corrected chi connectivity index (χ0v) is 28.2. The number of morpholine rings is 1. The van der Waals surface area contributed by atoms with E-state index in [-0.39, 0.29) is 31.4 Å². The molecule has 3 aliphatic heterocycles. The number of nitrogens with one attached hydrogen (secondary N) is 2. The molecular weight excluding hydrogens is 660 g/mol. The Morgan fingerprint density at radius 1 is 1.04 bits per heavy atom. The van der Waals surface area contributed by atoms with Crippen LogP contribution >= 0.6 is 11.3 Å². The van der Waals surface area contributed by atoms with E-state index >= 15 is 4.39 Å². The maximum atomic E-state index is 15.2. The zero-order chi connectivity index (χ0) is 34.0. The molecule has 49 heavy (non-hydrogen) atoms. The van der Waals surface area contributed by atoms with Crippen molar-refractivity contribution in [1.29, 1.82) is 0 Å². The highest BCUT2D eigenvalue weighted by Crippen LogP contribution is 2.43. The Hall–Kier alpha value is -3.28. The average molecular weight is 703 g/mol. The highest BCUT2D eigenvalue weighted by Gasteiger charge is 2.50. The van der Waals surface area contributed by atoms with E-state index in [9.17, 15) is 18.3 Å². The van der Waals surface area contributed by atoms with Crippen LogP contribution in [-0.4, -0.2) is 101 Å². The number of hydrogen-bond acceptors (Lipinski definition) is 9. The molecular formula is C36H42F4N4O4S.